The molecule has 2 rings (SSSR count). The number of allylic oxidation sites excluding steroid dienone is 8. The molecule has 0 fully saturated rings. The predicted molar refractivity (Wildman–Crippen MR) is 143 cm³/mol. The lowest BCUT2D eigenvalue weighted by Gasteiger charge is -2.02. The van der Waals surface area contributed by atoms with Gasteiger partial charge >= 0.3 is 0 Å². The van der Waals surface area contributed by atoms with Crippen molar-refractivity contribution in [1.29, 1.82) is 0 Å². The highest BCUT2D eigenvalue weighted by atomic mass is 14.8. The molecule has 0 bridgehead atoms. The highest BCUT2D eigenvalue weighted by Crippen LogP contribution is 2.11. The van der Waals surface area contributed by atoms with E-state index in [1.807, 2.05) is 68.5 Å². The van der Waals surface area contributed by atoms with Crippen LogP contribution in [0.15, 0.2) is 125 Å². The van der Waals surface area contributed by atoms with Gasteiger partial charge < -0.3 is 0 Å². The lowest BCUT2D eigenvalue weighted by molar-refractivity contribution is 0.936. The molecule has 1 unspecified atom stereocenters. The third kappa shape index (κ3) is 8.93. The van der Waals surface area contributed by atoms with Gasteiger partial charge in [-0.1, -0.05) is 93.9 Å². The molecule has 1 aromatic carbocycles. The van der Waals surface area contributed by atoms with Crippen LogP contribution in [0.5, 0.6) is 0 Å². The van der Waals surface area contributed by atoms with Gasteiger partial charge in [-0.2, -0.15) is 0 Å². The molecule has 0 amide bonds. The van der Waals surface area contributed by atoms with Crippen LogP contribution in [-0.2, 0) is 0 Å². The minimum absolute atomic E-state index is 0.301. The first-order valence-corrected chi connectivity index (χ1v) is 10.6. The maximum atomic E-state index is 4.77. The summed E-state index contributed by atoms with van der Waals surface area (Å²) in [4.78, 5) is 9.33. The van der Waals surface area contributed by atoms with Crippen LogP contribution in [0.1, 0.15) is 26.3 Å². The number of rotatable bonds is 1. The summed E-state index contributed by atoms with van der Waals surface area (Å²) in [6, 6.07) is 13.6. The summed E-state index contributed by atoms with van der Waals surface area (Å²) in [7, 11) is 0. The van der Waals surface area contributed by atoms with Gasteiger partial charge in [-0.25, -0.2) is 4.99 Å². The van der Waals surface area contributed by atoms with Crippen molar-refractivity contribution in [2.75, 3.05) is 0 Å². The summed E-state index contributed by atoms with van der Waals surface area (Å²) >= 11 is 0. The van der Waals surface area contributed by atoms with Crippen LogP contribution in [0.4, 0.5) is 0 Å². The van der Waals surface area contributed by atoms with Gasteiger partial charge in [0.25, 0.3) is 0 Å². The Balaban J connectivity index is 2.72. The van der Waals surface area contributed by atoms with Crippen molar-refractivity contribution in [3.05, 3.63) is 131 Å². The Morgan fingerprint density at radius 3 is 2.00 bits per heavy atom. The molecule has 162 valence electrons. The van der Waals surface area contributed by atoms with Crippen LogP contribution in [0, 0.1) is 5.92 Å². The van der Waals surface area contributed by atoms with Crippen molar-refractivity contribution >= 4 is 25.1 Å². The first-order chi connectivity index (χ1) is 15.2. The van der Waals surface area contributed by atoms with E-state index in [4.69, 9.17) is 4.99 Å². The summed E-state index contributed by atoms with van der Waals surface area (Å²) in [5.41, 5.74) is 4.95. The number of hydrogen-bond acceptors (Lipinski definition) is 2. The second kappa shape index (κ2) is 12.2. The fourth-order valence-electron chi connectivity index (χ4n) is 2.90. The zero-order valence-corrected chi connectivity index (χ0v) is 19.4. The molecule has 2 nitrogen and oxygen atoms in total. The van der Waals surface area contributed by atoms with Gasteiger partial charge in [0.05, 0.1) is 23.3 Å². The molecule has 32 heavy (non-hydrogen) atoms. The summed E-state index contributed by atoms with van der Waals surface area (Å²) in [5.74, 6) is 0.301. The maximum absolute atomic E-state index is 4.77. The third-order valence-corrected chi connectivity index (χ3v) is 4.58. The topological polar surface area (TPSA) is 24.7 Å². The monoisotopic (exact) mass is 420 g/mol. The second-order valence-corrected chi connectivity index (χ2v) is 7.89. The van der Waals surface area contributed by atoms with Crippen molar-refractivity contribution in [2.24, 2.45) is 15.9 Å². The first-order valence-electron chi connectivity index (χ1n) is 10.6. The standard InChI is InChI=1S/C30H32N2/c1-22-10-8-9-11-24(3)20-29(17-16-22)30-21-31-27(6)18-25(4)14-12-23(2)13-15-26(5)19-28(7)32-30/h8-21,23H,1,3,6-7H2,2,4-5H3/b10-8?,11-9?,14-12-,15-13-,17-16?,25-18+,26-19+,29-20?,31-21?,32-30?. The van der Waals surface area contributed by atoms with Crippen LogP contribution in [0.25, 0.3) is 13.2 Å². The van der Waals surface area contributed by atoms with Gasteiger partial charge in [0.1, 0.15) is 0 Å². The smallest absolute Gasteiger partial charge is 0.0892 e. The summed E-state index contributed by atoms with van der Waals surface area (Å²) in [5, 5.41) is 1.73. The molecule has 1 aliphatic rings. The van der Waals surface area contributed by atoms with Crippen LogP contribution in [0.3, 0.4) is 0 Å². The van der Waals surface area contributed by atoms with E-state index >= 15 is 0 Å². The molecule has 0 saturated heterocycles. The summed E-state index contributed by atoms with van der Waals surface area (Å²) in [6.45, 7) is 22.6. The first kappa shape index (κ1) is 24.5. The van der Waals surface area contributed by atoms with Gasteiger partial charge in [0.2, 0.25) is 0 Å². The van der Waals surface area contributed by atoms with Crippen molar-refractivity contribution in [2.45, 2.75) is 20.8 Å². The molecule has 0 spiro atoms. The van der Waals surface area contributed by atoms with E-state index in [2.05, 4.69) is 62.5 Å². The van der Waals surface area contributed by atoms with Gasteiger partial charge in [-0.15, -0.1) is 0 Å². The Labute approximate surface area is 192 Å². The lowest BCUT2D eigenvalue weighted by atomic mass is 10.1. The minimum Gasteiger partial charge on any atom is -0.255 e. The SMILES string of the molecule is C=C1/C=C(C)/C=C\C(C)/C=C\C(C)=C\C(=C)N=C(c2ccc(=C)ccccc(=C)c2)C=N1. The zero-order chi connectivity index (χ0) is 23.5. The molecule has 1 atom stereocenters. The van der Waals surface area contributed by atoms with Crippen molar-refractivity contribution in [3.8, 4) is 0 Å². The van der Waals surface area contributed by atoms with Crippen LogP contribution in [0.2, 0.25) is 0 Å². The molecule has 0 radical (unpaired) electrons. The quantitative estimate of drug-likeness (QED) is 0.519. The van der Waals surface area contributed by atoms with E-state index < -0.39 is 0 Å². The number of aliphatic imine (C=N–C) groups is 2. The molecular formula is C30H32N2. The Hall–Kier alpha value is -3.78. The highest BCUT2D eigenvalue weighted by molar-refractivity contribution is 6.38. The zero-order valence-electron chi connectivity index (χ0n) is 19.4. The summed E-state index contributed by atoms with van der Waals surface area (Å²) in [6.07, 6.45) is 14.1. The van der Waals surface area contributed by atoms with Gasteiger partial charge in [-0.3, -0.25) is 4.99 Å². The largest absolute Gasteiger partial charge is 0.255 e. The molecule has 0 saturated carbocycles. The fourth-order valence-corrected chi connectivity index (χ4v) is 2.90. The fraction of sp³-hybridized carbons (Fsp3) is 0.133. The van der Waals surface area contributed by atoms with Crippen molar-refractivity contribution < 1.29 is 0 Å². The van der Waals surface area contributed by atoms with Crippen LogP contribution in [-0.4, -0.2) is 11.9 Å². The van der Waals surface area contributed by atoms with E-state index in [9.17, 15) is 0 Å². The normalized spacial score (nSPS) is 22.7. The Kier molecular flexibility index (Phi) is 9.31. The van der Waals surface area contributed by atoms with E-state index in [0.717, 1.165) is 27.1 Å². The lowest BCUT2D eigenvalue weighted by Crippen LogP contribution is -2.07. The molecule has 0 N–H and O–H groups in total. The van der Waals surface area contributed by atoms with E-state index in [0.29, 0.717) is 23.0 Å². The van der Waals surface area contributed by atoms with Crippen molar-refractivity contribution in [1.82, 2.24) is 0 Å². The average Bonchev–Trinajstić information content (AvgIpc) is 2.73. The second-order valence-electron chi connectivity index (χ2n) is 7.89. The average molecular weight is 421 g/mol. The van der Waals surface area contributed by atoms with Crippen LogP contribution < -0.4 is 10.4 Å². The predicted octanol–water partition coefficient (Wildman–Crippen LogP) is 6.17. The molecule has 2 heteroatoms. The number of nitrogens with zero attached hydrogens (tertiary/aromatic N) is 2. The molecule has 1 heterocycles. The van der Waals surface area contributed by atoms with Gasteiger partial charge in [0, 0.05) is 5.56 Å². The molecular weight excluding hydrogens is 388 g/mol. The van der Waals surface area contributed by atoms with Crippen molar-refractivity contribution in [3.63, 3.8) is 0 Å². The minimum atomic E-state index is 0.301. The van der Waals surface area contributed by atoms with Crippen LogP contribution >= 0.6 is 0 Å². The Bertz CT molecular complexity index is 1220. The highest BCUT2D eigenvalue weighted by Gasteiger charge is 2.02. The van der Waals surface area contributed by atoms with E-state index in [1.165, 1.54) is 0 Å². The Morgan fingerprint density at radius 2 is 1.34 bits per heavy atom. The van der Waals surface area contributed by atoms with Gasteiger partial charge in [-0.05, 0) is 59.6 Å². The number of hydrogen-bond donors (Lipinski definition) is 0. The van der Waals surface area contributed by atoms with Gasteiger partial charge in [0.15, 0.2) is 0 Å². The Morgan fingerprint density at radius 1 is 0.750 bits per heavy atom. The maximum Gasteiger partial charge on any atom is 0.0892 e. The third-order valence-electron chi connectivity index (χ3n) is 4.58. The molecule has 1 aliphatic heterocycles. The molecule has 1 aromatic rings. The van der Waals surface area contributed by atoms with E-state index in [-0.39, 0.29) is 0 Å². The summed E-state index contributed by atoms with van der Waals surface area (Å²) < 4.78 is 0. The molecule has 0 aromatic heterocycles. The van der Waals surface area contributed by atoms with E-state index in [1.54, 1.807) is 6.21 Å². The molecule has 0 aliphatic carbocycles.